The molecular formula is C15H19BrFNO2. The summed E-state index contributed by atoms with van der Waals surface area (Å²) in [7, 11) is 0. The molecule has 0 aliphatic carbocycles. The number of carbonyl (C=O) groups is 1. The molecule has 20 heavy (non-hydrogen) atoms. The zero-order valence-corrected chi connectivity index (χ0v) is 13.5. The van der Waals surface area contributed by atoms with Crippen LogP contribution >= 0.6 is 15.9 Å². The van der Waals surface area contributed by atoms with Crippen LogP contribution in [0.4, 0.5) is 9.18 Å². The minimum absolute atomic E-state index is 0.366. The van der Waals surface area contributed by atoms with Gasteiger partial charge in [-0.15, -0.1) is 6.58 Å². The number of ether oxygens (including phenoxy) is 1. The van der Waals surface area contributed by atoms with E-state index in [0.717, 1.165) is 0 Å². The summed E-state index contributed by atoms with van der Waals surface area (Å²) in [5, 5.41) is 2.73. The molecule has 1 rings (SSSR count). The van der Waals surface area contributed by atoms with Crippen LogP contribution in [0.1, 0.15) is 38.8 Å². The average Bonchev–Trinajstić information content (AvgIpc) is 2.24. The lowest BCUT2D eigenvalue weighted by molar-refractivity contribution is 0.0504. The number of benzene rings is 1. The number of rotatable bonds is 4. The van der Waals surface area contributed by atoms with Crippen LogP contribution in [0.2, 0.25) is 0 Å². The molecule has 110 valence electrons. The molecule has 0 aliphatic rings. The van der Waals surface area contributed by atoms with Gasteiger partial charge in [0, 0.05) is 4.47 Å². The average molecular weight is 344 g/mol. The number of carbonyl (C=O) groups excluding carboxylic acids is 1. The molecule has 1 amide bonds. The van der Waals surface area contributed by atoms with Crippen molar-refractivity contribution in [2.45, 2.75) is 38.8 Å². The molecule has 0 bridgehead atoms. The van der Waals surface area contributed by atoms with Crippen LogP contribution in [0.25, 0.3) is 0 Å². The molecule has 0 aliphatic heterocycles. The molecule has 0 aromatic heterocycles. The highest BCUT2D eigenvalue weighted by Crippen LogP contribution is 2.23. The van der Waals surface area contributed by atoms with Crippen LogP contribution in [0, 0.1) is 5.82 Å². The Hall–Kier alpha value is -1.36. The molecule has 1 atom stereocenters. The quantitative estimate of drug-likeness (QED) is 0.802. The molecule has 0 spiro atoms. The maximum absolute atomic E-state index is 13.4. The molecule has 1 aromatic carbocycles. The van der Waals surface area contributed by atoms with Gasteiger partial charge >= 0.3 is 6.09 Å². The highest BCUT2D eigenvalue weighted by atomic mass is 79.9. The maximum Gasteiger partial charge on any atom is 0.408 e. The van der Waals surface area contributed by atoms with Crippen molar-refractivity contribution in [2.75, 3.05) is 0 Å². The fourth-order valence-corrected chi connectivity index (χ4v) is 2.15. The number of amides is 1. The normalized spacial score (nSPS) is 12.7. The lowest BCUT2D eigenvalue weighted by Gasteiger charge is -2.23. The van der Waals surface area contributed by atoms with Crippen molar-refractivity contribution in [3.63, 3.8) is 0 Å². The molecule has 0 saturated carbocycles. The zero-order chi connectivity index (χ0) is 15.3. The van der Waals surface area contributed by atoms with Gasteiger partial charge < -0.3 is 10.1 Å². The molecule has 3 nitrogen and oxygen atoms in total. The van der Waals surface area contributed by atoms with Gasteiger partial charge in [-0.2, -0.15) is 0 Å². The lowest BCUT2D eigenvalue weighted by Crippen LogP contribution is -2.34. The van der Waals surface area contributed by atoms with Crippen LogP contribution in [-0.2, 0) is 4.74 Å². The second-order valence-corrected chi connectivity index (χ2v) is 6.34. The first-order valence-electron chi connectivity index (χ1n) is 6.27. The SMILES string of the molecule is C=CCC(NC(=O)OC(C)(C)C)c1cc(F)cc(Br)c1. The first kappa shape index (κ1) is 16.7. The van der Waals surface area contributed by atoms with E-state index in [-0.39, 0.29) is 11.9 Å². The summed E-state index contributed by atoms with van der Waals surface area (Å²) < 4.78 is 19.3. The van der Waals surface area contributed by atoms with E-state index in [2.05, 4.69) is 27.8 Å². The van der Waals surface area contributed by atoms with Gasteiger partial charge in [0.1, 0.15) is 11.4 Å². The number of alkyl carbamates (subject to hydrolysis) is 1. The second-order valence-electron chi connectivity index (χ2n) is 5.43. The topological polar surface area (TPSA) is 38.3 Å². The van der Waals surface area contributed by atoms with Gasteiger partial charge in [-0.05, 0) is 51.0 Å². The van der Waals surface area contributed by atoms with Crippen molar-refractivity contribution >= 4 is 22.0 Å². The number of nitrogens with one attached hydrogen (secondary N) is 1. The van der Waals surface area contributed by atoms with E-state index in [1.807, 2.05) is 0 Å². The zero-order valence-electron chi connectivity index (χ0n) is 11.9. The smallest absolute Gasteiger partial charge is 0.408 e. The number of hydrogen-bond donors (Lipinski definition) is 1. The van der Waals surface area contributed by atoms with Crippen LogP contribution in [0.15, 0.2) is 35.3 Å². The Balaban J connectivity index is 2.88. The van der Waals surface area contributed by atoms with Crippen molar-refractivity contribution in [1.29, 1.82) is 0 Å². The molecule has 1 unspecified atom stereocenters. The van der Waals surface area contributed by atoms with Gasteiger partial charge in [-0.25, -0.2) is 9.18 Å². The van der Waals surface area contributed by atoms with Crippen molar-refractivity contribution in [1.82, 2.24) is 5.32 Å². The first-order valence-corrected chi connectivity index (χ1v) is 7.07. The summed E-state index contributed by atoms with van der Waals surface area (Å²) in [4.78, 5) is 11.8. The highest BCUT2D eigenvalue weighted by Gasteiger charge is 2.20. The Morgan fingerprint density at radius 3 is 2.65 bits per heavy atom. The minimum atomic E-state index is -0.578. The second kappa shape index (κ2) is 6.88. The highest BCUT2D eigenvalue weighted by molar-refractivity contribution is 9.10. The molecule has 5 heteroatoms. The third kappa shape index (κ3) is 5.74. The number of halogens is 2. The van der Waals surface area contributed by atoms with Gasteiger partial charge in [0.2, 0.25) is 0 Å². The van der Waals surface area contributed by atoms with Crippen molar-refractivity contribution in [3.05, 3.63) is 46.7 Å². The van der Waals surface area contributed by atoms with Crippen molar-refractivity contribution in [2.24, 2.45) is 0 Å². The maximum atomic E-state index is 13.4. The van der Waals surface area contributed by atoms with Crippen LogP contribution in [0.5, 0.6) is 0 Å². The summed E-state index contributed by atoms with van der Waals surface area (Å²) in [6.07, 6.45) is 1.61. The molecule has 0 heterocycles. The van der Waals surface area contributed by atoms with E-state index in [4.69, 9.17) is 4.74 Å². The van der Waals surface area contributed by atoms with Crippen LogP contribution in [-0.4, -0.2) is 11.7 Å². The summed E-state index contributed by atoms with van der Waals surface area (Å²) >= 11 is 3.24. The van der Waals surface area contributed by atoms with Gasteiger partial charge in [0.15, 0.2) is 0 Å². The molecule has 0 radical (unpaired) electrons. The van der Waals surface area contributed by atoms with E-state index in [9.17, 15) is 9.18 Å². The van der Waals surface area contributed by atoms with Gasteiger partial charge in [-0.1, -0.05) is 22.0 Å². The molecular weight excluding hydrogens is 325 g/mol. The van der Waals surface area contributed by atoms with E-state index >= 15 is 0 Å². The van der Waals surface area contributed by atoms with E-state index in [0.29, 0.717) is 16.5 Å². The van der Waals surface area contributed by atoms with Gasteiger partial charge in [0.05, 0.1) is 6.04 Å². The summed E-state index contributed by atoms with van der Waals surface area (Å²) in [6, 6.07) is 4.13. The predicted molar refractivity (Wildman–Crippen MR) is 81.0 cm³/mol. The van der Waals surface area contributed by atoms with Crippen molar-refractivity contribution in [3.8, 4) is 0 Å². The Kier molecular flexibility index (Phi) is 5.74. The summed E-state index contributed by atoms with van der Waals surface area (Å²) in [5.74, 6) is -0.366. The monoisotopic (exact) mass is 343 g/mol. The van der Waals surface area contributed by atoms with Crippen LogP contribution in [0.3, 0.4) is 0 Å². The Labute approximate surface area is 127 Å². The Bertz CT molecular complexity index is 477. The first-order chi connectivity index (χ1) is 9.21. The molecule has 1 N–H and O–H groups in total. The summed E-state index contributed by atoms with van der Waals surface area (Å²) in [6.45, 7) is 9.01. The largest absolute Gasteiger partial charge is 0.444 e. The Morgan fingerprint density at radius 2 is 2.15 bits per heavy atom. The predicted octanol–water partition coefficient (Wildman–Crippen LogP) is 4.73. The minimum Gasteiger partial charge on any atom is -0.444 e. The van der Waals surface area contributed by atoms with E-state index in [1.165, 1.54) is 12.1 Å². The van der Waals surface area contributed by atoms with Gasteiger partial charge in [-0.3, -0.25) is 0 Å². The number of hydrogen-bond acceptors (Lipinski definition) is 2. The summed E-state index contributed by atoms with van der Waals surface area (Å²) in [5.41, 5.74) is 0.0772. The van der Waals surface area contributed by atoms with E-state index in [1.54, 1.807) is 32.9 Å². The fraction of sp³-hybridized carbons (Fsp3) is 0.400. The fourth-order valence-electron chi connectivity index (χ4n) is 1.67. The van der Waals surface area contributed by atoms with E-state index < -0.39 is 11.7 Å². The van der Waals surface area contributed by atoms with Crippen LogP contribution < -0.4 is 5.32 Å². The Morgan fingerprint density at radius 1 is 1.50 bits per heavy atom. The molecule has 0 saturated heterocycles. The molecule has 1 aromatic rings. The van der Waals surface area contributed by atoms with Crippen molar-refractivity contribution < 1.29 is 13.9 Å². The third-order valence-electron chi connectivity index (χ3n) is 2.38. The standard InChI is InChI=1S/C15H19BrFNO2/c1-5-6-13(18-14(19)20-15(2,3)4)10-7-11(16)9-12(17)8-10/h5,7-9,13H,1,6H2,2-4H3,(H,18,19). The van der Waals surface area contributed by atoms with Gasteiger partial charge in [0.25, 0.3) is 0 Å². The lowest BCUT2D eigenvalue weighted by atomic mass is 10.0. The third-order valence-corrected chi connectivity index (χ3v) is 2.84. The molecule has 0 fully saturated rings.